The van der Waals surface area contributed by atoms with Crippen molar-refractivity contribution in [2.75, 3.05) is 13.7 Å². The predicted molar refractivity (Wildman–Crippen MR) is 120 cm³/mol. The van der Waals surface area contributed by atoms with Gasteiger partial charge >= 0.3 is 12.1 Å². The van der Waals surface area contributed by atoms with Gasteiger partial charge in [0.15, 0.2) is 0 Å². The Kier molecular flexibility index (Phi) is 7.29. The number of ether oxygens (including phenoxy) is 2. The van der Waals surface area contributed by atoms with E-state index in [-0.39, 0.29) is 18.2 Å². The van der Waals surface area contributed by atoms with Crippen LogP contribution in [0.25, 0.3) is 0 Å². The molecule has 0 bridgehead atoms. The molecule has 33 heavy (non-hydrogen) atoms. The molecule has 3 atom stereocenters. The molecule has 0 aromatic heterocycles. The average molecular weight is 460 g/mol. The van der Waals surface area contributed by atoms with E-state index in [0.29, 0.717) is 32.2 Å². The Morgan fingerprint density at radius 1 is 1.18 bits per heavy atom. The highest BCUT2D eigenvalue weighted by Crippen LogP contribution is 2.39. The molecule has 3 rings (SSSR count). The number of amides is 3. The molecule has 2 heterocycles. The van der Waals surface area contributed by atoms with Crippen LogP contribution in [0.1, 0.15) is 52.0 Å². The number of benzene rings is 1. The summed E-state index contributed by atoms with van der Waals surface area (Å²) in [5.74, 6) is -1.22. The van der Waals surface area contributed by atoms with Crippen molar-refractivity contribution in [1.82, 2.24) is 15.5 Å². The topological polar surface area (TPSA) is 114 Å². The van der Waals surface area contributed by atoms with Crippen LogP contribution >= 0.6 is 0 Å². The second-order valence-corrected chi connectivity index (χ2v) is 9.60. The molecule has 2 N–H and O–H groups in total. The summed E-state index contributed by atoms with van der Waals surface area (Å²) in [5, 5.41) is 5.47. The lowest BCUT2D eigenvalue weighted by Gasteiger charge is -2.44. The number of nitrogens with zero attached hydrogens (tertiary/aromatic N) is 1. The van der Waals surface area contributed by atoms with Crippen molar-refractivity contribution in [3.8, 4) is 0 Å². The molecule has 1 aromatic carbocycles. The van der Waals surface area contributed by atoms with E-state index in [1.54, 1.807) is 25.7 Å². The average Bonchev–Trinajstić information content (AvgIpc) is 3.20. The fraction of sp³-hybridized carbons (Fsp3) is 0.583. The van der Waals surface area contributed by atoms with Gasteiger partial charge in [-0.3, -0.25) is 9.59 Å². The van der Waals surface area contributed by atoms with E-state index >= 15 is 0 Å². The van der Waals surface area contributed by atoms with Gasteiger partial charge in [0, 0.05) is 13.0 Å². The number of hydrogen-bond donors (Lipinski definition) is 2. The van der Waals surface area contributed by atoms with E-state index < -0.39 is 35.3 Å². The molecular weight excluding hydrogens is 426 g/mol. The summed E-state index contributed by atoms with van der Waals surface area (Å²) in [6, 6.07) is 7.73. The number of nitrogens with one attached hydrogen (secondary N) is 2. The first-order valence-electron chi connectivity index (χ1n) is 11.3. The molecule has 9 nitrogen and oxygen atoms in total. The second-order valence-electron chi connectivity index (χ2n) is 9.60. The van der Waals surface area contributed by atoms with Gasteiger partial charge in [-0.2, -0.15) is 0 Å². The van der Waals surface area contributed by atoms with Crippen LogP contribution in [0.5, 0.6) is 0 Å². The molecule has 3 amide bonds. The van der Waals surface area contributed by atoms with Crippen LogP contribution in [-0.4, -0.2) is 65.7 Å². The largest absolute Gasteiger partial charge is 0.467 e. The Hall–Kier alpha value is -3.10. The van der Waals surface area contributed by atoms with Crippen molar-refractivity contribution in [1.29, 1.82) is 0 Å². The molecule has 2 aliphatic heterocycles. The summed E-state index contributed by atoms with van der Waals surface area (Å²) in [4.78, 5) is 52.7. The molecule has 9 heteroatoms. The first-order chi connectivity index (χ1) is 15.6. The number of rotatable bonds is 6. The number of carbonyl (C=O) groups is 4. The van der Waals surface area contributed by atoms with Gasteiger partial charge in [0.05, 0.1) is 7.11 Å². The molecule has 2 aliphatic rings. The van der Waals surface area contributed by atoms with E-state index in [9.17, 15) is 19.2 Å². The zero-order valence-corrected chi connectivity index (χ0v) is 19.7. The van der Waals surface area contributed by atoms with Gasteiger partial charge < -0.3 is 25.0 Å². The van der Waals surface area contributed by atoms with Crippen LogP contribution in [0.3, 0.4) is 0 Å². The number of fused-ring (bicyclic) bond motifs is 1. The summed E-state index contributed by atoms with van der Waals surface area (Å²) in [6.45, 7) is 5.66. The highest BCUT2D eigenvalue weighted by molar-refractivity contribution is 5.97. The van der Waals surface area contributed by atoms with Crippen molar-refractivity contribution < 1.29 is 28.7 Å². The zero-order valence-electron chi connectivity index (χ0n) is 19.7. The van der Waals surface area contributed by atoms with Crippen molar-refractivity contribution in [3.05, 3.63) is 35.9 Å². The van der Waals surface area contributed by atoms with Gasteiger partial charge in [0.2, 0.25) is 11.8 Å². The van der Waals surface area contributed by atoms with Gasteiger partial charge in [0.25, 0.3) is 0 Å². The maximum absolute atomic E-state index is 13.5. The summed E-state index contributed by atoms with van der Waals surface area (Å²) < 4.78 is 10.2. The highest BCUT2D eigenvalue weighted by Gasteiger charge is 2.54. The molecule has 2 fully saturated rings. The number of methoxy groups -OCH3 is 1. The van der Waals surface area contributed by atoms with Crippen molar-refractivity contribution >= 4 is 23.9 Å². The Labute approximate surface area is 194 Å². The molecule has 2 saturated heterocycles. The second kappa shape index (κ2) is 9.80. The quantitative estimate of drug-likeness (QED) is 0.629. The van der Waals surface area contributed by atoms with Crippen LogP contribution < -0.4 is 10.6 Å². The number of carbonyl (C=O) groups excluding carboxylic acids is 4. The Morgan fingerprint density at radius 2 is 1.88 bits per heavy atom. The Balaban J connectivity index is 1.72. The van der Waals surface area contributed by atoms with E-state index in [1.807, 2.05) is 30.3 Å². The van der Waals surface area contributed by atoms with Crippen LogP contribution in [0.2, 0.25) is 0 Å². The Bertz CT molecular complexity index is 897. The van der Waals surface area contributed by atoms with Gasteiger partial charge in [0.1, 0.15) is 23.2 Å². The van der Waals surface area contributed by atoms with Crippen LogP contribution in [0.4, 0.5) is 4.79 Å². The summed E-state index contributed by atoms with van der Waals surface area (Å²) in [6.07, 6.45) is 1.48. The molecule has 0 saturated carbocycles. The smallest absolute Gasteiger partial charge is 0.408 e. The highest BCUT2D eigenvalue weighted by atomic mass is 16.6. The summed E-state index contributed by atoms with van der Waals surface area (Å²) in [7, 11) is 1.28. The summed E-state index contributed by atoms with van der Waals surface area (Å²) in [5.41, 5.74) is -0.831. The third kappa shape index (κ3) is 5.64. The maximum atomic E-state index is 13.5. The monoisotopic (exact) mass is 459 g/mol. The molecule has 0 unspecified atom stereocenters. The normalized spacial score (nSPS) is 23.3. The minimum atomic E-state index is -1.04. The molecule has 1 aromatic rings. The first kappa shape index (κ1) is 24.5. The van der Waals surface area contributed by atoms with Gasteiger partial charge in [-0.05, 0) is 52.0 Å². The van der Waals surface area contributed by atoms with Crippen LogP contribution in [-0.2, 0) is 30.3 Å². The van der Waals surface area contributed by atoms with E-state index in [0.717, 1.165) is 5.56 Å². The van der Waals surface area contributed by atoms with Crippen LogP contribution in [0, 0.1) is 0 Å². The molecule has 0 aliphatic carbocycles. The minimum Gasteiger partial charge on any atom is -0.467 e. The molecule has 180 valence electrons. The number of hydrogen-bond acceptors (Lipinski definition) is 6. The standard InChI is InChI=1S/C24H33N3O6/c1-23(2,3)33-22(31)26-17-11-13-24(12-8-14-27(24)19(17)28)21(30)25-18(20(29)32-4)15-16-9-6-5-7-10-16/h5-7,9-10,17-18H,8,11-15H2,1-4H3,(H,25,30)(H,26,31)/t17-,18+,24-/m1/s1. The lowest BCUT2D eigenvalue weighted by Crippen LogP contribution is -2.66. The SMILES string of the molecule is COC(=O)[C@H](Cc1ccccc1)NC(=O)[C@]12CCCN1C(=O)[C@H](NC(=O)OC(C)(C)C)CC2. The predicted octanol–water partition coefficient (Wildman–Crippen LogP) is 1.94. The van der Waals surface area contributed by atoms with Gasteiger partial charge in [-0.25, -0.2) is 9.59 Å². The first-order valence-corrected chi connectivity index (χ1v) is 11.3. The minimum absolute atomic E-state index is 0.284. The molecule has 0 spiro atoms. The van der Waals surface area contributed by atoms with Crippen molar-refractivity contribution in [2.45, 2.75) is 76.1 Å². The van der Waals surface area contributed by atoms with Crippen molar-refractivity contribution in [3.63, 3.8) is 0 Å². The molecular formula is C24H33N3O6. The van der Waals surface area contributed by atoms with Gasteiger partial charge in [-0.1, -0.05) is 30.3 Å². The van der Waals surface area contributed by atoms with E-state index in [4.69, 9.17) is 9.47 Å². The number of piperidine rings is 1. The lowest BCUT2D eigenvalue weighted by atomic mass is 9.83. The molecule has 0 radical (unpaired) electrons. The van der Waals surface area contributed by atoms with Crippen molar-refractivity contribution in [2.24, 2.45) is 0 Å². The third-order valence-corrected chi connectivity index (χ3v) is 6.09. The van der Waals surface area contributed by atoms with E-state index in [1.165, 1.54) is 7.11 Å². The summed E-state index contributed by atoms with van der Waals surface area (Å²) >= 11 is 0. The fourth-order valence-electron chi connectivity index (χ4n) is 4.57. The fourth-order valence-corrected chi connectivity index (χ4v) is 4.57. The van der Waals surface area contributed by atoms with Gasteiger partial charge in [-0.15, -0.1) is 0 Å². The lowest BCUT2D eigenvalue weighted by molar-refractivity contribution is -0.153. The Morgan fingerprint density at radius 3 is 2.52 bits per heavy atom. The zero-order chi connectivity index (χ0) is 24.2. The number of alkyl carbamates (subject to hydrolysis) is 1. The maximum Gasteiger partial charge on any atom is 0.408 e. The van der Waals surface area contributed by atoms with E-state index in [2.05, 4.69) is 10.6 Å². The van der Waals surface area contributed by atoms with Crippen LogP contribution in [0.15, 0.2) is 30.3 Å². The number of esters is 1. The third-order valence-electron chi connectivity index (χ3n) is 6.09.